The number of esters is 2. The van der Waals surface area contributed by atoms with Crippen LogP contribution in [-0.4, -0.2) is 117 Å². The van der Waals surface area contributed by atoms with Gasteiger partial charge in [0.05, 0.1) is 6.61 Å². The molecule has 2 saturated heterocycles. The van der Waals surface area contributed by atoms with Crippen LogP contribution in [-0.2, 0) is 33.3 Å². The zero-order valence-corrected chi connectivity index (χ0v) is 17.2. The van der Waals surface area contributed by atoms with Crippen molar-refractivity contribution in [2.75, 3.05) is 19.8 Å². The third kappa shape index (κ3) is 5.88. The molecule has 31 heavy (non-hydrogen) atoms. The van der Waals surface area contributed by atoms with Gasteiger partial charge < -0.3 is 54.3 Å². The maximum absolute atomic E-state index is 11.6. The Morgan fingerprint density at radius 3 is 2.19 bits per heavy atom. The van der Waals surface area contributed by atoms with Crippen LogP contribution in [0.1, 0.15) is 26.7 Å². The number of carbonyl (C=O) groups excluding carboxylic acids is 2. The average molecular weight is 454 g/mol. The summed E-state index contributed by atoms with van der Waals surface area (Å²) < 4.78 is 26.1. The Hall–Kier alpha value is -1.42. The molecule has 9 atom stereocenters. The van der Waals surface area contributed by atoms with Gasteiger partial charge in [-0.05, 0) is 6.42 Å². The highest BCUT2D eigenvalue weighted by Gasteiger charge is 2.59. The van der Waals surface area contributed by atoms with Crippen molar-refractivity contribution in [2.24, 2.45) is 0 Å². The van der Waals surface area contributed by atoms with Crippen molar-refractivity contribution in [1.82, 2.24) is 0 Å². The fourth-order valence-corrected chi connectivity index (χ4v) is 3.26. The summed E-state index contributed by atoms with van der Waals surface area (Å²) in [6, 6.07) is 0. The number of rotatable bonds is 9. The molecule has 2 fully saturated rings. The van der Waals surface area contributed by atoms with Gasteiger partial charge in [-0.2, -0.15) is 0 Å². The van der Waals surface area contributed by atoms with Crippen molar-refractivity contribution in [2.45, 2.75) is 81.5 Å². The summed E-state index contributed by atoms with van der Waals surface area (Å²) in [6.45, 7) is 0.904. The lowest BCUT2D eigenvalue weighted by Crippen LogP contribution is -2.63. The Balaban J connectivity index is 2.19. The molecule has 0 aromatic carbocycles. The smallest absolute Gasteiger partial charge is 0.305 e. The minimum atomic E-state index is -2.27. The van der Waals surface area contributed by atoms with Gasteiger partial charge in [-0.25, -0.2) is 0 Å². The van der Waals surface area contributed by atoms with Crippen LogP contribution >= 0.6 is 0 Å². The van der Waals surface area contributed by atoms with E-state index in [9.17, 15) is 40.2 Å². The first kappa shape index (κ1) is 25.8. The van der Waals surface area contributed by atoms with E-state index in [1.54, 1.807) is 6.92 Å². The fourth-order valence-electron chi connectivity index (χ4n) is 3.26. The zero-order valence-electron chi connectivity index (χ0n) is 17.2. The average Bonchev–Trinajstić information content (AvgIpc) is 2.97. The molecule has 13 nitrogen and oxygen atoms in total. The van der Waals surface area contributed by atoms with Gasteiger partial charge in [0.25, 0.3) is 0 Å². The van der Waals surface area contributed by atoms with E-state index in [1.807, 2.05) is 0 Å². The lowest BCUT2D eigenvalue weighted by Gasteiger charge is -2.43. The summed E-state index contributed by atoms with van der Waals surface area (Å²) in [7, 11) is 0. The number of hydrogen-bond donors (Lipinski definition) is 6. The maximum atomic E-state index is 11.6. The first-order valence-electron chi connectivity index (χ1n) is 9.87. The van der Waals surface area contributed by atoms with Gasteiger partial charge in [-0.1, -0.05) is 6.92 Å². The van der Waals surface area contributed by atoms with Crippen LogP contribution in [0.4, 0.5) is 0 Å². The van der Waals surface area contributed by atoms with Crippen LogP contribution < -0.4 is 0 Å². The molecule has 2 rings (SSSR count). The highest BCUT2D eigenvalue weighted by Crippen LogP contribution is 2.36. The molecule has 2 heterocycles. The van der Waals surface area contributed by atoms with Crippen molar-refractivity contribution in [3.05, 3.63) is 0 Å². The van der Waals surface area contributed by atoms with Gasteiger partial charge in [-0.15, -0.1) is 0 Å². The molecule has 0 aromatic heterocycles. The molecule has 0 saturated carbocycles. The van der Waals surface area contributed by atoms with Crippen molar-refractivity contribution in [3.63, 3.8) is 0 Å². The number of aliphatic hydroxyl groups excluding tert-OH is 6. The van der Waals surface area contributed by atoms with E-state index in [0.717, 1.165) is 6.92 Å². The SMILES string of the molecule is CCCC(=O)OC[C@H]1O[C@H](O[C@]2(COC(C)=O)O[C@H](CO)[C@@H](O)[C@@H]2O)[C@H](O)[C@@H](O)[C@@H]1O. The monoisotopic (exact) mass is 454 g/mol. The summed E-state index contributed by atoms with van der Waals surface area (Å²) in [5.74, 6) is -3.61. The lowest BCUT2D eigenvalue weighted by molar-refractivity contribution is -0.383. The Bertz CT molecular complexity index is 615. The highest BCUT2D eigenvalue weighted by atomic mass is 16.8. The van der Waals surface area contributed by atoms with Crippen LogP contribution in [0.25, 0.3) is 0 Å². The van der Waals surface area contributed by atoms with Gasteiger partial charge in [0, 0.05) is 13.3 Å². The van der Waals surface area contributed by atoms with E-state index in [4.69, 9.17) is 23.7 Å². The van der Waals surface area contributed by atoms with E-state index in [-0.39, 0.29) is 6.42 Å². The molecule has 2 aliphatic rings. The van der Waals surface area contributed by atoms with Crippen molar-refractivity contribution < 1.29 is 63.9 Å². The molecule has 180 valence electrons. The van der Waals surface area contributed by atoms with E-state index >= 15 is 0 Å². The molecule has 0 spiro atoms. The second-order valence-electron chi connectivity index (χ2n) is 7.43. The number of hydrogen-bond acceptors (Lipinski definition) is 13. The quantitative estimate of drug-likeness (QED) is 0.188. The van der Waals surface area contributed by atoms with Crippen molar-refractivity contribution in [3.8, 4) is 0 Å². The van der Waals surface area contributed by atoms with Crippen LogP contribution in [0, 0.1) is 0 Å². The molecular weight excluding hydrogens is 424 g/mol. The van der Waals surface area contributed by atoms with Gasteiger partial charge in [-0.3, -0.25) is 9.59 Å². The Kier molecular flexibility index (Phi) is 9.12. The summed E-state index contributed by atoms with van der Waals surface area (Å²) in [4.78, 5) is 22.9. The minimum Gasteiger partial charge on any atom is -0.463 e. The van der Waals surface area contributed by atoms with Gasteiger partial charge in [0.1, 0.15) is 55.9 Å². The third-order valence-corrected chi connectivity index (χ3v) is 5.01. The lowest BCUT2D eigenvalue weighted by atomic mass is 9.99. The molecule has 6 N–H and O–H groups in total. The maximum Gasteiger partial charge on any atom is 0.305 e. The van der Waals surface area contributed by atoms with E-state index < -0.39 is 86.6 Å². The Morgan fingerprint density at radius 2 is 1.65 bits per heavy atom. The number of aliphatic hydroxyl groups is 6. The first-order chi connectivity index (χ1) is 14.6. The first-order valence-corrected chi connectivity index (χ1v) is 9.87. The van der Waals surface area contributed by atoms with Gasteiger partial charge in [0.2, 0.25) is 5.79 Å². The minimum absolute atomic E-state index is 0.125. The van der Waals surface area contributed by atoms with E-state index in [1.165, 1.54) is 0 Å². The predicted molar refractivity (Wildman–Crippen MR) is 97.0 cm³/mol. The zero-order chi connectivity index (χ0) is 23.3. The fraction of sp³-hybridized carbons (Fsp3) is 0.889. The van der Waals surface area contributed by atoms with E-state index in [2.05, 4.69) is 0 Å². The molecule has 0 bridgehead atoms. The van der Waals surface area contributed by atoms with Crippen molar-refractivity contribution >= 4 is 11.9 Å². The second kappa shape index (κ2) is 10.9. The molecule has 0 amide bonds. The number of carbonyl (C=O) groups is 2. The van der Waals surface area contributed by atoms with Gasteiger partial charge in [0.15, 0.2) is 6.29 Å². The normalized spacial score (nSPS) is 40.5. The molecule has 0 aromatic rings. The second-order valence-corrected chi connectivity index (χ2v) is 7.43. The molecular formula is C18H30O13. The summed E-state index contributed by atoms with van der Waals surface area (Å²) in [5, 5.41) is 60.5. The van der Waals surface area contributed by atoms with Crippen LogP contribution in [0.15, 0.2) is 0 Å². The molecule has 0 unspecified atom stereocenters. The molecule has 0 radical (unpaired) electrons. The van der Waals surface area contributed by atoms with Crippen molar-refractivity contribution in [1.29, 1.82) is 0 Å². The Labute approximate surface area is 178 Å². The third-order valence-electron chi connectivity index (χ3n) is 5.01. The molecule has 2 aliphatic heterocycles. The van der Waals surface area contributed by atoms with Gasteiger partial charge >= 0.3 is 11.9 Å². The summed E-state index contributed by atoms with van der Waals surface area (Å²) in [6.07, 6.45) is -12.5. The van der Waals surface area contributed by atoms with E-state index in [0.29, 0.717) is 6.42 Å². The molecule has 0 aliphatic carbocycles. The number of ether oxygens (including phenoxy) is 5. The van der Waals surface area contributed by atoms with Crippen LogP contribution in [0.5, 0.6) is 0 Å². The predicted octanol–water partition coefficient (Wildman–Crippen LogP) is -3.47. The summed E-state index contributed by atoms with van der Waals surface area (Å²) in [5.41, 5.74) is 0. The van der Waals surface area contributed by atoms with Crippen LogP contribution in [0.2, 0.25) is 0 Å². The topological polar surface area (TPSA) is 202 Å². The Morgan fingerprint density at radius 1 is 0.968 bits per heavy atom. The summed E-state index contributed by atoms with van der Waals surface area (Å²) >= 11 is 0. The van der Waals surface area contributed by atoms with Crippen LogP contribution in [0.3, 0.4) is 0 Å². The highest BCUT2D eigenvalue weighted by molar-refractivity contribution is 5.69. The standard InChI is InChI=1S/C18H30O13/c1-3-4-11(21)27-6-10-12(22)14(24)15(25)17(29-10)31-18(7-28-8(2)20)16(26)13(23)9(5-19)30-18/h9-10,12-17,19,22-26H,3-7H2,1-2H3/t9-,10-,12-,13-,14+,15-,16+,17-,18+/m1/s1. The largest absolute Gasteiger partial charge is 0.463 e. The molecule has 13 heteroatoms.